The monoisotopic (exact) mass is 373 g/mol. The number of halogens is 2. The second-order valence-electron chi connectivity index (χ2n) is 7.25. The zero-order chi connectivity index (χ0) is 18.8. The Morgan fingerprint density at radius 3 is 2.37 bits per heavy atom. The zero-order valence-electron chi connectivity index (χ0n) is 14.8. The summed E-state index contributed by atoms with van der Waals surface area (Å²) in [5.74, 6) is -0.736. The highest BCUT2D eigenvalue weighted by molar-refractivity contribution is 5.68. The van der Waals surface area contributed by atoms with E-state index in [4.69, 9.17) is 9.47 Å². The number of carbonyl (C=O) groups is 1. The number of hydrogen-bond donors (Lipinski definition) is 0. The van der Waals surface area contributed by atoms with Gasteiger partial charge in [-0.25, -0.2) is 13.6 Å². The molecule has 4 nitrogen and oxygen atoms in total. The lowest BCUT2D eigenvalue weighted by atomic mass is 10.0. The SMILES string of the molecule is O=C(OCc1ccccc1)N1CC2CC(Oc3ccc(F)c(F)c3)CC2C1. The first kappa shape index (κ1) is 17.8. The lowest BCUT2D eigenvalue weighted by molar-refractivity contribution is 0.0985. The van der Waals surface area contributed by atoms with E-state index in [0.717, 1.165) is 30.5 Å². The maximum absolute atomic E-state index is 13.3. The molecule has 1 aliphatic carbocycles. The fourth-order valence-corrected chi connectivity index (χ4v) is 4.04. The summed E-state index contributed by atoms with van der Waals surface area (Å²) in [5.41, 5.74) is 0.963. The summed E-state index contributed by atoms with van der Waals surface area (Å²) >= 11 is 0. The Morgan fingerprint density at radius 2 is 1.70 bits per heavy atom. The highest BCUT2D eigenvalue weighted by Gasteiger charge is 2.43. The molecule has 4 rings (SSSR count). The largest absolute Gasteiger partial charge is 0.490 e. The van der Waals surface area contributed by atoms with Gasteiger partial charge in [-0.15, -0.1) is 0 Å². The first-order valence-electron chi connectivity index (χ1n) is 9.16. The number of carbonyl (C=O) groups excluding carboxylic acids is 1. The van der Waals surface area contributed by atoms with Crippen LogP contribution in [0.2, 0.25) is 0 Å². The Kier molecular flexibility index (Phi) is 4.97. The molecule has 0 N–H and O–H groups in total. The number of fused-ring (bicyclic) bond motifs is 1. The lowest BCUT2D eigenvalue weighted by Gasteiger charge is -2.20. The van der Waals surface area contributed by atoms with Crippen molar-refractivity contribution in [3.05, 3.63) is 65.7 Å². The first-order valence-corrected chi connectivity index (χ1v) is 9.16. The molecule has 0 spiro atoms. The molecule has 27 heavy (non-hydrogen) atoms. The predicted molar refractivity (Wildman–Crippen MR) is 95.2 cm³/mol. The molecule has 2 aliphatic rings. The Morgan fingerprint density at radius 1 is 1.00 bits per heavy atom. The van der Waals surface area contributed by atoms with Gasteiger partial charge in [0.1, 0.15) is 12.4 Å². The number of nitrogens with zero attached hydrogens (tertiary/aromatic N) is 1. The van der Waals surface area contributed by atoms with Gasteiger partial charge in [0.15, 0.2) is 11.6 Å². The van der Waals surface area contributed by atoms with E-state index in [9.17, 15) is 13.6 Å². The first-order chi connectivity index (χ1) is 13.1. The van der Waals surface area contributed by atoms with Crippen molar-refractivity contribution in [1.82, 2.24) is 4.90 Å². The van der Waals surface area contributed by atoms with Gasteiger partial charge in [-0.2, -0.15) is 0 Å². The van der Waals surface area contributed by atoms with Crippen molar-refractivity contribution in [3.63, 3.8) is 0 Å². The van der Waals surface area contributed by atoms with E-state index in [1.54, 1.807) is 4.90 Å². The molecule has 2 aromatic rings. The molecule has 1 saturated carbocycles. The van der Waals surface area contributed by atoms with Crippen molar-refractivity contribution in [3.8, 4) is 5.75 Å². The smallest absolute Gasteiger partial charge is 0.410 e. The van der Waals surface area contributed by atoms with Crippen LogP contribution in [0, 0.1) is 23.5 Å². The normalized spacial score (nSPS) is 23.9. The van der Waals surface area contributed by atoms with Crippen molar-refractivity contribution in [2.75, 3.05) is 13.1 Å². The van der Waals surface area contributed by atoms with Crippen LogP contribution in [0.4, 0.5) is 13.6 Å². The summed E-state index contributed by atoms with van der Waals surface area (Å²) in [4.78, 5) is 14.0. The molecule has 0 aromatic heterocycles. The van der Waals surface area contributed by atoms with Crippen molar-refractivity contribution in [1.29, 1.82) is 0 Å². The van der Waals surface area contributed by atoms with Crippen LogP contribution in [0.15, 0.2) is 48.5 Å². The number of amides is 1. The van der Waals surface area contributed by atoms with Gasteiger partial charge >= 0.3 is 6.09 Å². The summed E-state index contributed by atoms with van der Waals surface area (Å²) < 4.78 is 37.5. The predicted octanol–water partition coefficient (Wildman–Crippen LogP) is 4.39. The van der Waals surface area contributed by atoms with Crippen molar-refractivity contribution in [2.24, 2.45) is 11.8 Å². The number of rotatable bonds is 4. The fourth-order valence-electron chi connectivity index (χ4n) is 4.04. The molecule has 0 bridgehead atoms. The van der Waals surface area contributed by atoms with Gasteiger partial charge < -0.3 is 14.4 Å². The maximum Gasteiger partial charge on any atom is 0.410 e. The van der Waals surface area contributed by atoms with Crippen LogP contribution < -0.4 is 4.74 Å². The Labute approximate surface area is 156 Å². The minimum Gasteiger partial charge on any atom is -0.490 e. The van der Waals surface area contributed by atoms with Crippen LogP contribution in [-0.4, -0.2) is 30.2 Å². The molecule has 2 unspecified atom stereocenters. The molecule has 1 saturated heterocycles. The number of ether oxygens (including phenoxy) is 2. The fraction of sp³-hybridized carbons (Fsp3) is 0.381. The topological polar surface area (TPSA) is 38.8 Å². The molecule has 2 atom stereocenters. The highest BCUT2D eigenvalue weighted by atomic mass is 19.2. The van der Waals surface area contributed by atoms with Gasteiger partial charge in [-0.3, -0.25) is 0 Å². The summed E-state index contributed by atoms with van der Waals surface area (Å²) in [7, 11) is 0. The zero-order valence-corrected chi connectivity index (χ0v) is 14.8. The molecule has 142 valence electrons. The molecular weight excluding hydrogens is 352 g/mol. The molecule has 0 radical (unpaired) electrons. The average molecular weight is 373 g/mol. The number of hydrogen-bond acceptors (Lipinski definition) is 3. The van der Waals surface area contributed by atoms with Crippen LogP contribution in [0.5, 0.6) is 5.75 Å². The van der Waals surface area contributed by atoms with Crippen molar-refractivity contribution < 1.29 is 23.0 Å². The minimum atomic E-state index is -0.905. The number of likely N-dealkylation sites (tertiary alicyclic amines) is 1. The van der Waals surface area contributed by atoms with E-state index in [-0.39, 0.29) is 18.8 Å². The third-order valence-corrected chi connectivity index (χ3v) is 5.36. The van der Waals surface area contributed by atoms with E-state index in [1.807, 2.05) is 30.3 Å². The second kappa shape index (κ2) is 7.55. The Balaban J connectivity index is 1.26. The second-order valence-corrected chi connectivity index (χ2v) is 7.25. The van der Waals surface area contributed by atoms with Gasteiger partial charge in [0.25, 0.3) is 0 Å². The summed E-state index contributed by atoms with van der Waals surface area (Å²) in [6, 6.07) is 13.2. The summed E-state index contributed by atoms with van der Waals surface area (Å²) in [6.07, 6.45) is 1.27. The molecule has 6 heteroatoms. The molecular formula is C21H21F2NO3. The van der Waals surface area contributed by atoms with E-state index >= 15 is 0 Å². The van der Waals surface area contributed by atoms with E-state index < -0.39 is 11.6 Å². The van der Waals surface area contributed by atoms with Gasteiger partial charge in [0, 0.05) is 19.2 Å². The number of benzene rings is 2. The van der Waals surface area contributed by atoms with Crippen LogP contribution in [0.1, 0.15) is 18.4 Å². The van der Waals surface area contributed by atoms with Gasteiger partial charge in [-0.05, 0) is 42.4 Å². The third-order valence-electron chi connectivity index (χ3n) is 5.36. The molecule has 2 aromatic carbocycles. The van der Waals surface area contributed by atoms with Crippen molar-refractivity contribution in [2.45, 2.75) is 25.6 Å². The van der Waals surface area contributed by atoms with Gasteiger partial charge in [0.2, 0.25) is 0 Å². The van der Waals surface area contributed by atoms with Gasteiger partial charge in [0.05, 0.1) is 6.10 Å². The van der Waals surface area contributed by atoms with Crippen molar-refractivity contribution >= 4 is 6.09 Å². The van der Waals surface area contributed by atoms with E-state index in [0.29, 0.717) is 30.7 Å². The van der Waals surface area contributed by atoms with Crippen LogP contribution in [0.25, 0.3) is 0 Å². The van der Waals surface area contributed by atoms with Crippen LogP contribution in [0.3, 0.4) is 0 Å². The molecule has 2 fully saturated rings. The third kappa shape index (κ3) is 4.04. The van der Waals surface area contributed by atoms with Crippen LogP contribution in [-0.2, 0) is 11.3 Å². The Hall–Kier alpha value is -2.63. The quantitative estimate of drug-likeness (QED) is 0.798. The minimum absolute atomic E-state index is 0.0349. The average Bonchev–Trinajstić information content (AvgIpc) is 3.22. The summed E-state index contributed by atoms with van der Waals surface area (Å²) in [5, 5.41) is 0. The lowest BCUT2D eigenvalue weighted by Crippen LogP contribution is -2.31. The standard InChI is InChI=1S/C21H21F2NO3/c22-19-7-6-17(10-20(19)23)27-18-8-15-11-24(12-16(15)9-18)21(25)26-13-14-4-2-1-3-5-14/h1-7,10,15-16,18H,8-9,11-13H2. The summed E-state index contributed by atoms with van der Waals surface area (Å²) in [6.45, 7) is 1.57. The maximum atomic E-state index is 13.3. The molecule has 1 heterocycles. The van der Waals surface area contributed by atoms with Crippen LogP contribution >= 0.6 is 0 Å². The Bertz CT molecular complexity index is 800. The molecule has 1 aliphatic heterocycles. The van der Waals surface area contributed by atoms with E-state index in [2.05, 4.69) is 0 Å². The molecule has 1 amide bonds. The van der Waals surface area contributed by atoms with E-state index in [1.165, 1.54) is 6.07 Å². The highest BCUT2D eigenvalue weighted by Crippen LogP contribution is 2.40. The van der Waals surface area contributed by atoms with Gasteiger partial charge in [-0.1, -0.05) is 30.3 Å².